The summed E-state index contributed by atoms with van der Waals surface area (Å²) in [7, 11) is 0. The molecule has 0 aliphatic carbocycles. The molecular weight excluding hydrogens is 208 g/mol. The minimum Gasteiger partial charge on any atom is -0.328 e. The number of hydrogen-bond donors (Lipinski definition) is 1. The zero-order valence-corrected chi connectivity index (χ0v) is 10.5. The molecule has 0 aliphatic rings. The summed E-state index contributed by atoms with van der Waals surface area (Å²) in [4.78, 5) is 4.25. The predicted octanol–water partition coefficient (Wildman–Crippen LogP) is 1.83. The lowest BCUT2D eigenvalue weighted by molar-refractivity contribution is 0.514. The highest BCUT2D eigenvalue weighted by molar-refractivity contribution is 7.98. The Morgan fingerprint density at radius 3 is 2.80 bits per heavy atom. The normalized spacial score (nSPS) is 13.4. The first-order valence-corrected chi connectivity index (χ1v) is 6.48. The Bertz CT molecular complexity index is 283. The molecule has 86 valence electrons. The molecule has 1 rings (SSSR count). The Morgan fingerprint density at radius 2 is 2.20 bits per heavy atom. The molecule has 0 saturated heterocycles. The Kier molecular flexibility index (Phi) is 5.11. The average molecular weight is 228 g/mol. The summed E-state index contributed by atoms with van der Waals surface area (Å²) in [6.07, 6.45) is 2.68. The Morgan fingerprint density at radius 1 is 1.47 bits per heavy atom. The first-order chi connectivity index (χ1) is 7.11. The highest BCUT2D eigenvalue weighted by Crippen LogP contribution is 2.14. The Hall–Kier alpha value is -0.550. The lowest BCUT2D eigenvalue weighted by Gasteiger charge is -2.09. The van der Waals surface area contributed by atoms with Crippen molar-refractivity contribution in [2.45, 2.75) is 45.0 Å². The lowest BCUT2D eigenvalue weighted by atomic mass is 10.3. The van der Waals surface area contributed by atoms with Crippen molar-refractivity contribution in [1.82, 2.24) is 14.8 Å². The van der Waals surface area contributed by atoms with Crippen LogP contribution in [-0.4, -0.2) is 26.6 Å². The molecule has 0 aliphatic heterocycles. The van der Waals surface area contributed by atoms with Crippen LogP contribution in [0.2, 0.25) is 0 Å². The van der Waals surface area contributed by atoms with Crippen molar-refractivity contribution in [3.05, 3.63) is 12.2 Å². The smallest absolute Gasteiger partial charge is 0.138 e. The second-order valence-corrected chi connectivity index (χ2v) is 5.14. The molecule has 0 fully saturated rings. The lowest BCUT2D eigenvalue weighted by Crippen LogP contribution is -2.15. The van der Waals surface area contributed by atoms with E-state index in [0.717, 1.165) is 23.8 Å². The molecule has 1 aromatic heterocycles. The van der Waals surface area contributed by atoms with E-state index >= 15 is 0 Å². The van der Waals surface area contributed by atoms with Crippen LogP contribution < -0.4 is 5.73 Å². The van der Waals surface area contributed by atoms with E-state index in [1.54, 1.807) is 6.33 Å². The van der Waals surface area contributed by atoms with Crippen LogP contribution >= 0.6 is 11.8 Å². The van der Waals surface area contributed by atoms with Gasteiger partial charge >= 0.3 is 0 Å². The zero-order valence-electron chi connectivity index (χ0n) is 9.68. The number of nitrogens with zero attached hydrogens (tertiary/aromatic N) is 3. The summed E-state index contributed by atoms with van der Waals surface area (Å²) in [5, 5.41) is 4.20. The Labute approximate surface area is 95.6 Å². The van der Waals surface area contributed by atoms with Gasteiger partial charge in [0.2, 0.25) is 0 Å². The maximum absolute atomic E-state index is 5.68. The fourth-order valence-electron chi connectivity index (χ4n) is 1.24. The van der Waals surface area contributed by atoms with Gasteiger partial charge in [0, 0.05) is 12.1 Å². The highest BCUT2D eigenvalue weighted by atomic mass is 32.2. The number of aromatic nitrogens is 3. The van der Waals surface area contributed by atoms with Crippen molar-refractivity contribution < 1.29 is 0 Å². The van der Waals surface area contributed by atoms with E-state index < -0.39 is 0 Å². The third-order valence-corrected chi connectivity index (χ3v) is 3.07. The predicted molar refractivity (Wildman–Crippen MR) is 64.8 cm³/mol. The minimum absolute atomic E-state index is 0.292. The van der Waals surface area contributed by atoms with Gasteiger partial charge in [0.15, 0.2) is 0 Å². The van der Waals surface area contributed by atoms with E-state index in [4.69, 9.17) is 5.73 Å². The van der Waals surface area contributed by atoms with Crippen molar-refractivity contribution in [2.75, 3.05) is 5.75 Å². The van der Waals surface area contributed by atoms with Crippen molar-refractivity contribution in [2.24, 2.45) is 5.73 Å². The van der Waals surface area contributed by atoms with Crippen molar-refractivity contribution in [3.8, 4) is 0 Å². The molecule has 4 nitrogen and oxygen atoms in total. The highest BCUT2D eigenvalue weighted by Gasteiger charge is 2.07. The maximum atomic E-state index is 5.68. The van der Waals surface area contributed by atoms with Crippen LogP contribution in [0, 0.1) is 0 Å². The summed E-state index contributed by atoms with van der Waals surface area (Å²) in [6, 6.07) is 0.678. The fourth-order valence-corrected chi connectivity index (χ4v) is 2.31. The van der Waals surface area contributed by atoms with Crippen LogP contribution in [0.15, 0.2) is 6.33 Å². The van der Waals surface area contributed by atoms with Crippen LogP contribution in [0.25, 0.3) is 0 Å². The quantitative estimate of drug-likeness (QED) is 0.755. The van der Waals surface area contributed by atoms with Gasteiger partial charge < -0.3 is 5.73 Å². The molecule has 2 N–H and O–H groups in total. The average Bonchev–Trinajstić information content (AvgIpc) is 2.60. The van der Waals surface area contributed by atoms with Gasteiger partial charge in [0.25, 0.3) is 0 Å². The van der Waals surface area contributed by atoms with E-state index in [2.05, 4.69) is 23.9 Å². The van der Waals surface area contributed by atoms with Crippen LogP contribution in [0.4, 0.5) is 0 Å². The molecule has 15 heavy (non-hydrogen) atoms. The van der Waals surface area contributed by atoms with Gasteiger partial charge in [-0.15, -0.1) is 0 Å². The standard InChI is InChI=1S/C10H20N4S/c1-8(2)14-10(12-7-13-14)6-15-5-4-9(3)11/h7-9H,4-6,11H2,1-3H3. The summed E-state index contributed by atoms with van der Waals surface area (Å²) in [6.45, 7) is 6.27. The first-order valence-electron chi connectivity index (χ1n) is 5.33. The van der Waals surface area contributed by atoms with Gasteiger partial charge in [0.1, 0.15) is 12.2 Å². The van der Waals surface area contributed by atoms with Crippen LogP contribution in [0.5, 0.6) is 0 Å². The minimum atomic E-state index is 0.292. The SMILES string of the molecule is CC(N)CCSCc1ncnn1C(C)C. The third kappa shape index (κ3) is 4.22. The van der Waals surface area contributed by atoms with Gasteiger partial charge in [-0.25, -0.2) is 9.67 Å². The van der Waals surface area contributed by atoms with Gasteiger partial charge in [0.05, 0.1) is 5.75 Å². The topological polar surface area (TPSA) is 56.7 Å². The van der Waals surface area contributed by atoms with Crippen molar-refractivity contribution in [1.29, 1.82) is 0 Å². The summed E-state index contributed by atoms with van der Waals surface area (Å²) in [5.41, 5.74) is 5.68. The second kappa shape index (κ2) is 6.12. The molecule has 1 atom stereocenters. The molecule has 5 heteroatoms. The van der Waals surface area contributed by atoms with Gasteiger partial charge in [-0.3, -0.25) is 0 Å². The summed E-state index contributed by atoms with van der Waals surface area (Å²) in [5.74, 6) is 3.06. The molecule has 0 aromatic carbocycles. The van der Waals surface area contributed by atoms with Gasteiger partial charge in [-0.2, -0.15) is 16.9 Å². The Balaban J connectivity index is 2.34. The number of hydrogen-bond acceptors (Lipinski definition) is 4. The van der Waals surface area contributed by atoms with Crippen LogP contribution in [0.1, 0.15) is 39.1 Å². The summed E-state index contributed by atoms with van der Waals surface area (Å²) >= 11 is 1.87. The number of thioether (sulfide) groups is 1. The van der Waals surface area contributed by atoms with Crippen LogP contribution in [-0.2, 0) is 5.75 Å². The van der Waals surface area contributed by atoms with E-state index in [-0.39, 0.29) is 0 Å². The van der Waals surface area contributed by atoms with Crippen molar-refractivity contribution in [3.63, 3.8) is 0 Å². The molecule has 0 spiro atoms. The van der Waals surface area contributed by atoms with Crippen LogP contribution in [0.3, 0.4) is 0 Å². The molecule has 1 aromatic rings. The zero-order chi connectivity index (χ0) is 11.3. The second-order valence-electron chi connectivity index (χ2n) is 4.03. The number of rotatable bonds is 6. The molecular formula is C10H20N4S. The maximum Gasteiger partial charge on any atom is 0.138 e. The van der Waals surface area contributed by atoms with Crippen molar-refractivity contribution >= 4 is 11.8 Å². The van der Waals surface area contributed by atoms with E-state index in [9.17, 15) is 0 Å². The molecule has 1 heterocycles. The van der Waals surface area contributed by atoms with Gasteiger partial charge in [-0.1, -0.05) is 0 Å². The summed E-state index contributed by atoms with van der Waals surface area (Å²) < 4.78 is 1.97. The first kappa shape index (κ1) is 12.5. The third-order valence-electron chi connectivity index (χ3n) is 2.09. The van der Waals surface area contributed by atoms with E-state index in [1.165, 1.54) is 0 Å². The molecule has 0 bridgehead atoms. The van der Waals surface area contributed by atoms with E-state index in [0.29, 0.717) is 12.1 Å². The molecule has 0 amide bonds. The molecule has 0 saturated carbocycles. The fraction of sp³-hybridized carbons (Fsp3) is 0.800. The number of nitrogens with two attached hydrogens (primary N) is 1. The van der Waals surface area contributed by atoms with E-state index in [1.807, 2.05) is 23.4 Å². The molecule has 0 radical (unpaired) electrons. The largest absolute Gasteiger partial charge is 0.328 e. The molecule has 1 unspecified atom stereocenters. The monoisotopic (exact) mass is 228 g/mol. The van der Waals surface area contributed by atoms with Gasteiger partial charge in [-0.05, 0) is 32.9 Å².